The van der Waals surface area contributed by atoms with Crippen molar-refractivity contribution in [1.82, 2.24) is 0 Å². The van der Waals surface area contributed by atoms with Gasteiger partial charge in [-0.3, -0.25) is 0 Å². The molecule has 0 aliphatic carbocycles. The van der Waals surface area contributed by atoms with Crippen LogP contribution in [0.2, 0.25) is 0 Å². The number of methoxy groups -OCH3 is 2. The van der Waals surface area contributed by atoms with Gasteiger partial charge in [-0.25, -0.2) is 4.79 Å². The highest BCUT2D eigenvalue weighted by Gasteiger charge is 2.08. The molecule has 0 saturated heterocycles. The summed E-state index contributed by atoms with van der Waals surface area (Å²) in [6.45, 7) is 0. The Labute approximate surface area is 136 Å². The van der Waals surface area contributed by atoms with Crippen LogP contribution < -0.4 is 4.74 Å². The number of carbonyl (C=O) groups is 1. The second-order valence-corrected chi connectivity index (χ2v) is 6.27. The lowest BCUT2D eigenvalue weighted by atomic mass is 10.2. The van der Waals surface area contributed by atoms with Crippen molar-refractivity contribution in [2.24, 2.45) is 0 Å². The molecular formula is C16H15BrO3S. The molecule has 0 radical (unpaired) electrons. The second kappa shape index (κ2) is 7.52. The average molecular weight is 367 g/mol. The monoisotopic (exact) mass is 366 g/mol. The minimum atomic E-state index is -0.331. The molecule has 0 aliphatic heterocycles. The van der Waals surface area contributed by atoms with Crippen molar-refractivity contribution in [1.29, 1.82) is 0 Å². The molecular weight excluding hydrogens is 352 g/mol. The number of hydrogen-bond donors (Lipinski definition) is 0. The molecule has 0 atom stereocenters. The molecule has 0 heterocycles. The lowest BCUT2D eigenvalue weighted by molar-refractivity contribution is 0.0600. The number of ether oxygens (including phenoxy) is 2. The summed E-state index contributed by atoms with van der Waals surface area (Å²) >= 11 is 5.08. The van der Waals surface area contributed by atoms with E-state index in [2.05, 4.69) is 15.9 Å². The number of benzene rings is 2. The number of hydrogen-bond acceptors (Lipinski definition) is 4. The van der Waals surface area contributed by atoms with Crippen molar-refractivity contribution in [3.05, 3.63) is 58.1 Å². The molecule has 0 bridgehead atoms. The Morgan fingerprint density at radius 3 is 2.48 bits per heavy atom. The Morgan fingerprint density at radius 1 is 1.14 bits per heavy atom. The molecule has 5 heteroatoms. The molecule has 0 unspecified atom stereocenters. The Kier molecular flexibility index (Phi) is 5.70. The van der Waals surface area contributed by atoms with E-state index >= 15 is 0 Å². The quantitative estimate of drug-likeness (QED) is 0.574. The molecule has 0 spiro atoms. The van der Waals surface area contributed by atoms with Crippen LogP contribution in [0.4, 0.5) is 0 Å². The van der Waals surface area contributed by atoms with E-state index in [1.807, 2.05) is 36.4 Å². The van der Waals surface area contributed by atoms with Crippen molar-refractivity contribution in [2.45, 2.75) is 10.6 Å². The summed E-state index contributed by atoms with van der Waals surface area (Å²) in [7, 11) is 3.03. The van der Waals surface area contributed by atoms with Gasteiger partial charge in [0.1, 0.15) is 5.75 Å². The summed E-state index contributed by atoms with van der Waals surface area (Å²) in [5, 5.41) is 0. The van der Waals surface area contributed by atoms with Gasteiger partial charge in [0.05, 0.1) is 19.8 Å². The Hall–Kier alpha value is -1.46. The highest BCUT2D eigenvalue weighted by Crippen LogP contribution is 2.28. The highest BCUT2D eigenvalue weighted by atomic mass is 79.9. The Balaban J connectivity index is 2.08. The van der Waals surface area contributed by atoms with Crippen molar-refractivity contribution in [3.63, 3.8) is 0 Å². The van der Waals surface area contributed by atoms with Gasteiger partial charge in [0.2, 0.25) is 0 Å². The van der Waals surface area contributed by atoms with Gasteiger partial charge in [0.15, 0.2) is 0 Å². The zero-order valence-corrected chi connectivity index (χ0v) is 14.2. The van der Waals surface area contributed by atoms with E-state index in [1.54, 1.807) is 24.9 Å². The van der Waals surface area contributed by atoms with Crippen LogP contribution in [0.3, 0.4) is 0 Å². The molecule has 0 saturated carbocycles. The van der Waals surface area contributed by atoms with E-state index < -0.39 is 0 Å². The molecule has 2 aromatic carbocycles. The minimum absolute atomic E-state index is 0.331. The summed E-state index contributed by atoms with van der Waals surface area (Å²) in [5.74, 6) is 1.34. The lowest BCUT2D eigenvalue weighted by Crippen LogP contribution is -2.01. The maximum Gasteiger partial charge on any atom is 0.337 e. The maximum absolute atomic E-state index is 11.6. The van der Waals surface area contributed by atoms with Crippen LogP contribution in [0.25, 0.3) is 0 Å². The first-order chi connectivity index (χ1) is 10.1. The predicted molar refractivity (Wildman–Crippen MR) is 88.0 cm³/mol. The van der Waals surface area contributed by atoms with Gasteiger partial charge < -0.3 is 9.47 Å². The topological polar surface area (TPSA) is 35.5 Å². The van der Waals surface area contributed by atoms with Crippen molar-refractivity contribution < 1.29 is 14.3 Å². The van der Waals surface area contributed by atoms with Gasteiger partial charge in [0, 0.05) is 15.1 Å². The van der Waals surface area contributed by atoms with Gasteiger partial charge in [-0.05, 0) is 35.9 Å². The fourth-order valence-electron chi connectivity index (χ4n) is 1.77. The smallest absolute Gasteiger partial charge is 0.337 e. The molecule has 3 nitrogen and oxygen atoms in total. The third-order valence-corrected chi connectivity index (χ3v) is 4.36. The molecule has 110 valence electrons. The van der Waals surface area contributed by atoms with E-state index in [0.717, 1.165) is 20.9 Å². The first kappa shape index (κ1) is 15.9. The van der Waals surface area contributed by atoms with Gasteiger partial charge in [0.25, 0.3) is 0 Å². The fourth-order valence-corrected chi connectivity index (χ4v) is 3.36. The molecule has 0 aromatic heterocycles. The molecule has 2 aromatic rings. The average Bonchev–Trinajstić information content (AvgIpc) is 2.52. The summed E-state index contributed by atoms with van der Waals surface area (Å²) in [5.41, 5.74) is 1.74. The molecule has 0 N–H and O–H groups in total. The first-order valence-corrected chi connectivity index (χ1v) is 8.05. The normalized spacial score (nSPS) is 10.2. The van der Waals surface area contributed by atoms with Crippen LogP contribution in [-0.2, 0) is 10.5 Å². The van der Waals surface area contributed by atoms with Crippen LogP contribution in [-0.4, -0.2) is 20.2 Å². The van der Waals surface area contributed by atoms with E-state index in [-0.39, 0.29) is 5.97 Å². The van der Waals surface area contributed by atoms with E-state index in [4.69, 9.17) is 9.47 Å². The molecule has 21 heavy (non-hydrogen) atoms. The molecule has 0 aliphatic rings. The SMILES string of the molecule is COC(=O)c1cc(Br)cc(SCc2ccc(OC)cc2)c1. The maximum atomic E-state index is 11.6. The van der Waals surface area contributed by atoms with Gasteiger partial charge in [-0.15, -0.1) is 11.8 Å². The minimum Gasteiger partial charge on any atom is -0.497 e. The summed E-state index contributed by atoms with van der Waals surface area (Å²) in [6.07, 6.45) is 0. The van der Waals surface area contributed by atoms with E-state index in [9.17, 15) is 4.79 Å². The number of carbonyl (C=O) groups excluding carboxylic acids is 1. The summed E-state index contributed by atoms with van der Waals surface area (Å²) in [4.78, 5) is 12.6. The van der Waals surface area contributed by atoms with E-state index in [0.29, 0.717) is 5.56 Å². The Bertz CT molecular complexity index is 626. The van der Waals surface area contributed by atoms with Crippen LogP contribution in [0, 0.1) is 0 Å². The third-order valence-electron chi connectivity index (χ3n) is 2.86. The second-order valence-electron chi connectivity index (χ2n) is 4.30. The van der Waals surface area contributed by atoms with Gasteiger partial charge in [-0.1, -0.05) is 28.1 Å². The predicted octanol–water partition coefficient (Wildman–Crippen LogP) is 4.54. The van der Waals surface area contributed by atoms with Gasteiger partial charge >= 0.3 is 5.97 Å². The van der Waals surface area contributed by atoms with Gasteiger partial charge in [-0.2, -0.15) is 0 Å². The zero-order chi connectivity index (χ0) is 15.2. The third kappa shape index (κ3) is 4.51. The van der Waals surface area contributed by atoms with E-state index in [1.165, 1.54) is 12.7 Å². The lowest BCUT2D eigenvalue weighted by Gasteiger charge is -2.06. The number of halogens is 1. The van der Waals surface area contributed by atoms with Crippen molar-refractivity contribution >= 4 is 33.7 Å². The largest absolute Gasteiger partial charge is 0.497 e. The highest BCUT2D eigenvalue weighted by molar-refractivity contribution is 9.10. The fraction of sp³-hybridized carbons (Fsp3) is 0.188. The number of esters is 1. The van der Waals surface area contributed by atoms with Crippen LogP contribution in [0.5, 0.6) is 5.75 Å². The number of thioether (sulfide) groups is 1. The summed E-state index contributed by atoms with van der Waals surface area (Å²) < 4.78 is 10.8. The molecule has 0 fully saturated rings. The standard InChI is InChI=1S/C16H15BrO3S/c1-19-14-5-3-11(4-6-14)10-21-15-8-12(16(18)20-2)7-13(17)9-15/h3-9H,10H2,1-2H3. The Morgan fingerprint density at radius 2 is 1.86 bits per heavy atom. The van der Waals surface area contributed by atoms with Crippen molar-refractivity contribution in [3.8, 4) is 5.75 Å². The molecule has 0 amide bonds. The van der Waals surface area contributed by atoms with Crippen molar-refractivity contribution in [2.75, 3.05) is 14.2 Å². The van der Waals surface area contributed by atoms with Crippen LogP contribution in [0.1, 0.15) is 15.9 Å². The summed E-state index contributed by atoms with van der Waals surface area (Å²) in [6, 6.07) is 13.5. The first-order valence-electron chi connectivity index (χ1n) is 6.27. The molecule has 2 rings (SSSR count). The number of rotatable bonds is 5. The van der Waals surface area contributed by atoms with Crippen LogP contribution in [0.15, 0.2) is 51.8 Å². The van der Waals surface area contributed by atoms with Crippen LogP contribution >= 0.6 is 27.7 Å². The zero-order valence-electron chi connectivity index (χ0n) is 11.8.